The van der Waals surface area contributed by atoms with Gasteiger partial charge in [-0.05, 0) is 113 Å². The molecular weight excluding hydrogens is 508 g/mol. The summed E-state index contributed by atoms with van der Waals surface area (Å²) in [4.78, 5) is 29.6. The number of hydrogen-bond acceptors (Lipinski definition) is 6. The van der Waals surface area contributed by atoms with Crippen molar-refractivity contribution in [3.63, 3.8) is 0 Å². The smallest absolute Gasteiger partial charge is 0.305 e. The molecule has 40 heavy (non-hydrogen) atoms. The molecule has 5 rings (SSSR count). The number of allylic oxidation sites excluding steroid dienone is 4. The number of carbonyl (C=O) groups excluding carboxylic acids is 1. The van der Waals surface area contributed by atoms with Gasteiger partial charge in [-0.15, -0.1) is 0 Å². The number of nitrogens with zero attached hydrogens (tertiary/aromatic N) is 1. The lowest BCUT2D eigenvalue weighted by molar-refractivity contribution is -0.139. The largest absolute Gasteiger partial charge is 0.481 e. The van der Waals surface area contributed by atoms with Gasteiger partial charge in [-0.2, -0.15) is 0 Å². The van der Waals surface area contributed by atoms with Crippen molar-refractivity contribution in [3.05, 3.63) is 23.8 Å². The summed E-state index contributed by atoms with van der Waals surface area (Å²) < 4.78 is 5.77. The molecule has 222 valence electrons. The number of fused-ring (bicyclic) bond motifs is 5. The van der Waals surface area contributed by atoms with Crippen molar-refractivity contribution in [1.82, 2.24) is 5.32 Å². The third-order valence-electron chi connectivity index (χ3n) is 11.5. The van der Waals surface area contributed by atoms with Crippen molar-refractivity contribution in [1.29, 1.82) is 0 Å². The van der Waals surface area contributed by atoms with E-state index in [4.69, 9.17) is 9.57 Å². The normalized spacial score (nSPS) is 41.8. The van der Waals surface area contributed by atoms with Gasteiger partial charge >= 0.3 is 5.97 Å². The summed E-state index contributed by atoms with van der Waals surface area (Å²) in [6.07, 6.45) is 14.0. The molecule has 4 fully saturated rings. The molecule has 1 aliphatic heterocycles. The molecule has 0 spiro atoms. The average Bonchev–Trinajstić information content (AvgIpc) is 3.11. The molecule has 5 aliphatic rings. The second kappa shape index (κ2) is 10.6. The van der Waals surface area contributed by atoms with E-state index in [-0.39, 0.29) is 41.3 Å². The summed E-state index contributed by atoms with van der Waals surface area (Å²) in [5, 5.41) is 27.7. The Balaban J connectivity index is 1.19. The molecule has 1 amide bonds. The number of carboxylic acids is 1. The second-order valence-corrected chi connectivity index (χ2v) is 14.4. The van der Waals surface area contributed by atoms with Crippen LogP contribution < -0.4 is 5.32 Å². The van der Waals surface area contributed by atoms with E-state index < -0.39 is 17.6 Å². The first-order chi connectivity index (χ1) is 18.7. The van der Waals surface area contributed by atoms with Crippen molar-refractivity contribution in [2.75, 3.05) is 13.2 Å². The number of carbonyl (C=O) groups is 2. The molecule has 0 aromatic rings. The molecule has 8 nitrogen and oxygen atoms in total. The topological polar surface area (TPSA) is 117 Å². The molecular formula is C32H48N2O6. The maximum absolute atomic E-state index is 12.7. The highest BCUT2D eigenvalue weighted by Crippen LogP contribution is 2.66. The lowest BCUT2D eigenvalue weighted by Gasteiger charge is -2.58. The van der Waals surface area contributed by atoms with Gasteiger partial charge in [-0.25, -0.2) is 0 Å². The predicted molar refractivity (Wildman–Crippen MR) is 153 cm³/mol. The highest BCUT2D eigenvalue weighted by Gasteiger charge is 2.62. The minimum absolute atomic E-state index is 0.00952. The van der Waals surface area contributed by atoms with Gasteiger partial charge in [-0.1, -0.05) is 30.7 Å². The zero-order chi connectivity index (χ0) is 28.9. The van der Waals surface area contributed by atoms with Crippen molar-refractivity contribution in [3.8, 4) is 0 Å². The summed E-state index contributed by atoms with van der Waals surface area (Å²) in [6, 6.07) is -0.474. The third kappa shape index (κ3) is 5.38. The quantitative estimate of drug-likeness (QED) is 0.380. The molecule has 0 radical (unpaired) electrons. The van der Waals surface area contributed by atoms with Crippen molar-refractivity contribution in [2.45, 2.75) is 110 Å². The van der Waals surface area contributed by atoms with Gasteiger partial charge in [0.2, 0.25) is 0 Å². The Bertz CT molecular complexity index is 1110. The predicted octanol–water partition coefficient (Wildman–Crippen LogP) is 5.01. The Kier molecular flexibility index (Phi) is 7.75. The SMILES string of the molecule is CC1(C)C[C@H]([C@H](CC(=O)O)NC(=O)CON=C2C=C[C@@]3(C)C(=C2)CC[C@H]2[C@H]4CC[C@](C)(O)[C@@]4(C)CC[C@@H]23)CCO1. The van der Waals surface area contributed by atoms with Gasteiger partial charge in [-0.3, -0.25) is 9.59 Å². The molecule has 0 unspecified atom stereocenters. The number of rotatable bonds is 7. The van der Waals surface area contributed by atoms with Gasteiger partial charge < -0.3 is 25.1 Å². The summed E-state index contributed by atoms with van der Waals surface area (Å²) in [7, 11) is 0. The van der Waals surface area contributed by atoms with Crippen LogP contribution in [-0.4, -0.2) is 58.3 Å². The third-order valence-corrected chi connectivity index (χ3v) is 11.5. The van der Waals surface area contributed by atoms with E-state index in [9.17, 15) is 19.8 Å². The zero-order valence-electron chi connectivity index (χ0n) is 24.9. The van der Waals surface area contributed by atoms with E-state index in [1.54, 1.807) is 0 Å². The highest BCUT2D eigenvalue weighted by molar-refractivity contribution is 6.05. The first kappa shape index (κ1) is 29.3. The first-order valence-corrected chi connectivity index (χ1v) is 15.2. The van der Waals surface area contributed by atoms with Gasteiger partial charge in [0, 0.05) is 18.1 Å². The average molecular weight is 557 g/mol. The number of ether oxygens (including phenoxy) is 1. The van der Waals surface area contributed by atoms with Crippen LogP contribution in [0, 0.1) is 34.5 Å². The second-order valence-electron chi connectivity index (χ2n) is 14.4. The number of hydrogen-bond donors (Lipinski definition) is 3. The molecule has 0 aromatic carbocycles. The molecule has 3 saturated carbocycles. The van der Waals surface area contributed by atoms with E-state index >= 15 is 0 Å². The Labute approximate surface area is 238 Å². The number of oxime groups is 1. The van der Waals surface area contributed by atoms with Crippen LogP contribution in [0.4, 0.5) is 0 Å². The van der Waals surface area contributed by atoms with Gasteiger partial charge in [0.1, 0.15) is 5.71 Å². The summed E-state index contributed by atoms with van der Waals surface area (Å²) in [5.41, 5.74) is 1.17. The van der Waals surface area contributed by atoms with Gasteiger partial charge in [0.05, 0.1) is 17.6 Å². The van der Waals surface area contributed by atoms with Crippen molar-refractivity contribution in [2.24, 2.45) is 39.7 Å². The van der Waals surface area contributed by atoms with Crippen LogP contribution in [0.5, 0.6) is 0 Å². The van der Waals surface area contributed by atoms with E-state index in [2.05, 4.69) is 36.5 Å². The maximum atomic E-state index is 12.7. The van der Waals surface area contributed by atoms with Crippen LogP contribution in [0.25, 0.3) is 0 Å². The summed E-state index contributed by atoms with van der Waals surface area (Å²) >= 11 is 0. The summed E-state index contributed by atoms with van der Waals surface area (Å²) in [6.45, 7) is 11.0. The number of aliphatic carboxylic acids is 1. The Morgan fingerprint density at radius 2 is 1.88 bits per heavy atom. The number of carboxylic acid groups (broad SMARTS) is 1. The minimum Gasteiger partial charge on any atom is -0.481 e. The van der Waals surface area contributed by atoms with E-state index in [1.807, 2.05) is 26.8 Å². The molecule has 4 aliphatic carbocycles. The lowest BCUT2D eigenvalue weighted by Crippen LogP contribution is -2.53. The molecule has 8 atom stereocenters. The Morgan fingerprint density at radius 3 is 2.60 bits per heavy atom. The van der Waals surface area contributed by atoms with E-state index in [0.717, 1.165) is 38.5 Å². The van der Waals surface area contributed by atoms with E-state index in [0.29, 0.717) is 42.9 Å². The molecule has 1 saturated heterocycles. The number of amides is 1. The van der Waals surface area contributed by atoms with Gasteiger partial charge in [0.25, 0.3) is 5.91 Å². The molecule has 8 heteroatoms. The fourth-order valence-electron chi connectivity index (χ4n) is 9.07. The fourth-order valence-corrected chi connectivity index (χ4v) is 9.07. The lowest BCUT2D eigenvalue weighted by atomic mass is 9.47. The minimum atomic E-state index is -0.937. The van der Waals surface area contributed by atoms with Gasteiger partial charge in [0.15, 0.2) is 6.61 Å². The Hall–Kier alpha value is -2.19. The molecule has 0 bridgehead atoms. The maximum Gasteiger partial charge on any atom is 0.305 e. The van der Waals surface area contributed by atoms with Crippen LogP contribution in [0.15, 0.2) is 29.0 Å². The van der Waals surface area contributed by atoms with Crippen LogP contribution >= 0.6 is 0 Å². The van der Waals surface area contributed by atoms with Crippen LogP contribution in [0.3, 0.4) is 0 Å². The summed E-state index contributed by atoms with van der Waals surface area (Å²) in [5.74, 6) is 0.483. The number of nitrogens with one attached hydrogen (secondary N) is 1. The van der Waals surface area contributed by atoms with Crippen LogP contribution in [-0.2, 0) is 19.2 Å². The van der Waals surface area contributed by atoms with Crippen LogP contribution in [0.2, 0.25) is 0 Å². The van der Waals surface area contributed by atoms with E-state index in [1.165, 1.54) is 5.57 Å². The van der Waals surface area contributed by atoms with Crippen molar-refractivity contribution >= 4 is 17.6 Å². The molecule has 1 heterocycles. The molecule has 0 aromatic heterocycles. The zero-order valence-corrected chi connectivity index (χ0v) is 24.9. The van der Waals surface area contributed by atoms with Crippen molar-refractivity contribution < 1.29 is 29.4 Å². The fraction of sp³-hybridized carbons (Fsp3) is 0.781. The number of aliphatic hydroxyl groups is 1. The standard InChI is InChI=1S/C32H48N2O6/c1-29(2)18-20(11-15-39-29)26(17-28(36)37)33-27(35)19-40-34-22-8-12-30(3)21(16-22)6-7-23-24(30)9-13-31(4)25(23)10-14-32(31,5)38/h8,12,16,20,23-26,38H,6-7,9-11,13-15,17-19H2,1-5H3,(H,33,35)(H,36,37)/t20-,23-,24+,25-,26+,30+,31+,32+/m1/s1. The Morgan fingerprint density at radius 1 is 1.12 bits per heavy atom. The monoisotopic (exact) mass is 556 g/mol. The van der Waals surface area contributed by atoms with Crippen LogP contribution in [0.1, 0.15) is 92.4 Å². The highest BCUT2D eigenvalue weighted by atomic mass is 16.6. The molecule has 3 N–H and O–H groups in total. The first-order valence-electron chi connectivity index (χ1n) is 15.2.